The monoisotopic (exact) mass is 346 g/mol. The van der Waals surface area contributed by atoms with E-state index in [1.165, 1.54) is 6.07 Å². The van der Waals surface area contributed by atoms with E-state index in [-0.39, 0.29) is 18.0 Å². The number of aryl methyl sites for hydroxylation is 1. The molecule has 0 bridgehead atoms. The zero-order chi connectivity index (χ0) is 18.2. The van der Waals surface area contributed by atoms with Crippen LogP contribution >= 0.6 is 0 Å². The van der Waals surface area contributed by atoms with Gasteiger partial charge in [0.15, 0.2) is 0 Å². The van der Waals surface area contributed by atoms with Crippen molar-refractivity contribution in [1.29, 1.82) is 0 Å². The third-order valence-electron chi connectivity index (χ3n) is 3.48. The molecule has 0 aliphatic rings. The molecule has 1 N–H and O–H groups in total. The Bertz CT molecular complexity index is 764. The SMILES string of the molecule is Cc1cccc(OCCCCC(=O)Nc2ccc(F)c([N+](=O)[O-])c2)c1. The fraction of sp³-hybridized carbons (Fsp3) is 0.278. The number of hydrogen-bond donors (Lipinski definition) is 1. The summed E-state index contributed by atoms with van der Waals surface area (Å²) in [5.74, 6) is -0.421. The van der Waals surface area contributed by atoms with Crippen LogP contribution < -0.4 is 10.1 Å². The van der Waals surface area contributed by atoms with Gasteiger partial charge in [-0.15, -0.1) is 0 Å². The van der Waals surface area contributed by atoms with Crippen molar-refractivity contribution in [2.75, 3.05) is 11.9 Å². The van der Waals surface area contributed by atoms with Crippen molar-refractivity contribution < 1.29 is 18.8 Å². The van der Waals surface area contributed by atoms with E-state index >= 15 is 0 Å². The fourth-order valence-electron chi connectivity index (χ4n) is 2.24. The summed E-state index contributed by atoms with van der Waals surface area (Å²) in [6, 6.07) is 11.0. The summed E-state index contributed by atoms with van der Waals surface area (Å²) in [4.78, 5) is 21.7. The van der Waals surface area contributed by atoms with Gasteiger partial charge in [0, 0.05) is 18.2 Å². The summed E-state index contributed by atoms with van der Waals surface area (Å²) >= 11 is 0. The van der Waals surface area contributed by atoms with Gasteiger partial charge in [-0.1, -0.05) is 12.1 Å². The number of carbonyl (C=O) groups is 1. The number of hydrogen-bond acceptors (Lipinski definition) is 4. The molecule has 0 aliphatic heterocycles. The maximum absolute atomic E-state index is 13.2. The molecule has 0 aliphatic carbocycles. The molecule has 0 atom stereocenters. The lowest BCUT2D eigenvalue weighted by molar-refractivity contribution is -0.387. The molecule has 0 heterocycles. The molecule has 25 heavy (non-hydrogen) atoms. The van der Waals surface area contributed by atoms with Crippen LogP contribution in [0.15, 0.2) is 42.5 Å². The number of amides is 1. The van der Waals surface area contributed by atoms with Crippen LogP contribution in [-0.2, 0) is 4.79 Å². The number of anilines is 1. The van der Waals surface area contributed by atoms with Gasteiger partial charge < -0.3 is 10.1 Å². The zero-order valence-electron chi connectivity index (χ0n) is 13.8. The molecule has 1 amide bonds. The van der Waals surface area contributed by atoms with Gasteiger partial charge in [0.25, 0.3) is 0 Å². The Hall–Kier alpha value is -2.96. The van der Waals surface area contributed by atoms with E-state index in [1.54, 1.807) is 0 Å². The predicted octanol–water partition coefficient (Wildman–Crippen LogP) is 4.23. The minimum atomic E-state index is -0.934. The number of benzene rings is 2. The van der Waals surface area contributed by atoms with Crippen LogP contribution in [0.5, 0.6) is 5.75 Å². The fourth-order valence-corrected chi connectivity index (χ4v) is 2.24. The summed E-state index contributed by atoms with van der Waals surface area (Å²) in [5.41, 5.74) is 0.656. The highest BCUT2D eigenvalue weighted by Gasteiger charge is 2.15. The molecule has 7 heteroatoms. The van der Waals surface area contributed by atoms with Gasteiger partial charge in [-0.05, 0) is 49.6 Å². The van der Waals surface area contributed by atoms with Crippen LogP contribution in [0.2, 0.25) is 0 Å². The van der Waals surface area contributed by atoms with E-state index in [9.17, 15) is 19.3 Å². The number of nitrogens with one attached hydrogen (secondary N) is 1. The van der Waals surface area contributed by atoms with Crippen LogP contribution in [0, 0.1) is 22.9 Å². The Labute approximate surface area is 144 Å². The first-order chi connectivity index (χ1) is 12.0. The van der Waals surface area contributed by atoms with Crippen LogP contribution in [0.3, 0.4) is 0 Å². The molecule has 0 unspecified atom stereocenters. The van der Waals surface area contributed by atoms with Crippen LogP contribution in [0.25, 0.3) is 0 Å². The van der Waals surface area contributed by atoms with Gasteiger partial charge in [-0.2, -0.15) is 4.39 Å². The predicted molar refractivity (Wildman–Crippen MR) is 92.2 cm³/mol. The number of halogens is 1. The summed E-state index contributed by atoms with van der Waals surface area (Å²) in [6.07, 6.45) is 1.56. The van der Waals surface area contributed by atoms with Gasteiger partial charge >= 0.3 is 5.69 Å². The maximum Gasteiger partial charge on any atom is 0.306 e. The Morgan fingerprint density at radius 3 is 2.76 bits per heavy atom. The van der Waals surface area contributed by atoms with Gasteiger partial charge in [-0.3, -0.25) is 14.9 Å². The Morgan fingerprint density at radius 1 is 1.24 bits per heavy atom. The number of nitrogens with zero attached hydrogens (tertiary/aromatic N) is 1. The highest BCUT2D eigenvalue weighted by atomic mass is 19.1. The van der Waals surface area contributed by atoms with Crippen molar-refractivity contribution in [2.24, 2.45) is 0 Å². The van der Waals surface area contributed by atoms with Gasteiger partial charge in [0.2, 0.25) is 11.7 Å². The molecular formula is C18H19FN2O4. The van der Waals surface area contributed by atoms with E-state index < -0.39 is 16.4 Å². The minimum absolute atomic E-state index is 0.203. The summed E-state index contributed by atoms with van der Waals surface area (Å²) in [7, 11) is 0. The average Bonchev–Trinajstić information content (AvgIpc) is 2.56. The first kappa shape index (κ1) is 18.4. The molecule has 0 spiro atoms. The zero-order valence-corrected chi connectivity index (χ0v) is 13.8. The molecule has 2 aromatic carbocycles. The van der Waals surface area contributed by atoms with Gasteiger partial charge in [0.1, 0.15) is 5.75 Å². The second-order valence-corrected chi connectivity index (χ2v) is 5.59. The number of rotatable bonds is 8. The Morgan fingerprint density at radius 2 is 2.04 bits per heavy atom. The number of carbonyl (C=O) groups excluding carboxylic acids is 1. The molecule has 0 fully saturated rings. The largest absolute Gasteiger partial charge is 0.494 e. The molecule has 0 saturated carbocycles. The molecule has 6 nitrogen and oxygen atoms in total. The van der Waals surface area contributed by atoms with E-state index in [2.05, 4.69) is 5.32 Å². The van der Waals surface area contributed by atoms with Crippen molar-refractivity contribution in [2.45, 2.75) is 26.2 Å². The summed E-state index contributed by atoms with van der Waals surface area (Å²) in [6.45, 7) is 2.48. The van der Waals surface area contributed by atoms with Crippen LogP contribution in [-0.4, -0.2) is 17.4 Å². The van der Waals surface area contributed by atoms with E-state index in [0.717, 1.165) is 23.4 Å². The second-order valence-electron chi connectivity index (χ2n) is 5.59. The van der Waals surface area contributed by atoms with Crippen molar-refractivity contribution in [3.8, 4) is 5.75 Å². The molecular weight excluding hydrogens is 327 g/mol. The normalized spacial score (nSPS) is 10.3. The molecule has 0 aromatic heterocycles. The number of ether oxygens (including phenoxy) is 1. The third kappa shape index (κ3) is 5.87. The molecule has 0 saturated heterocycles. The third-order valence-corrected chi connectivity index (χ3v) is 3.48. The van der Waals surface area contributed by atoms with Crippen molar-refractivity contribution in [1.82, 2.24) is 0 Å². The quantitative estimate of drug-likeness (QED) is 0.440. The first-order valence-corrected chi connectivity index (χ1v) is 7.89. The smallest absolute Gasteiger partial charge is 0.306 e. The molecule has 2 rings (SSSR count). The van der Waals surface area contributed by atoms with E-state index in [0.29, 0.717) is 19.4 Å². The van der Waals surface area contributed by atoms with Crippen LogP contribution in [0.4, 0.5) is 15.8 Å². The van der Waals surface area contributed by atoms with Crippen molar-refractivity contribution in [3.05, 3.63) is 64.0 Å². The molecule has 132 valence electrons. The Kier molecular flexibility index (Phi) is 6.45. The number of unbranched alkanes of at least 4 members (excludes halogenated alkanes) is 1. The average molecular weight is 346 g/mol. The number of nitro groups is 1. The van der Waals surface area contributed by atoms with Crippen LogP contribution in [0.1, 0.15) is 24.8 Å². The lowest BCUT2D eigenvalue weighted by Crippen LogP contribution is -2.12. The summed E-state index contributed by atoms with van der Waals surface area (Å²) < 4.78 is 18.8. The lowest BCUT2D eigenvalue weighted by atomic mass is 10.2. The van der Waals surface area contributed by atoms with E-state index in [4.69, 9.17) is 4.74 Å². The Balaban J connectivity index is 1.72. The lowest BCUT2D eigenvalue weighted by Gasteiger charge is -2.07. The van der Waals surface area contributed by atoms with Gasteiger partial charge in [-0.25, -0.2) is 0 Å². The summed E-state index contributed by atoms with van der Waals surface area (Å²) in [5, 5.41) is 13.2. The van der Waals surface area contributed by atoms with E-state index in [1.807, 2.05) is 31.2 Å². The van der Waals surface area contributed by atoms with Crippen molar-refractivity contribution >= 4 is 17.3 Å². The first-order valence-electron chi connectivity index (χ1n) is 7.89. The van der Waals surface area contributed by atoms with Crippen molar-refractivity contribution in [3.63, 3.8) is 0 Å². The maximum atomic E-state index is 13.2. The highest BCUT2D eigenvalue weighted by Crippen LogP contribution is 2.21. The topological polar surface area (TPSA) is 81.5 Å². The second kappa shape index (κ2) is 8.77. The molecule has 0 radical (unpaired) electrons. The minimum Gasteiger partial charge on any atom is -0.494 e. The standard InChI is InChI=1S/C18H19FN2O4/c1-13-5-4-6-15(11-13)25-10-3-2-7-18(22)20-14-8-9-16(19)17(12-14)21(23)24/h4-6,8-9,11-12H,2-3,7,10H2,1H3,(H,20,22). The number of nitro benzene ring substituents is 1. The van der Waals surface area contributed by atoms with Gasteiger partial charge in [0.05, 0.1) is 11.5 Å². The highest BCUT2D eigenvalue weighted by molar-refractivity contribution is 5.90. The molecule has 2 aromatic rings.